The van der Waals surface area contributed by atoms with Crippen LogP contribution >= 0.6 is 0 Å². The normalized spacial score (nSPS) is 19.1. The molecule has 100 valence electrons. The molecule has 0 saturated heterocycles. The summed E-state index contributed by atoms with van der Waals surface area (Å²) in [5, 5.41) is 3.61. The van der Waals surface area contributed by atoms with Gasteiger partial charge in [0.25, 0.3) is 0 Å². The van der Waals surface area contributed by atoms with Crippen LogP contribution in [-0.4, -0.2) is 36.1 Å². The molecule has 0 radical (unpaired) electrons. The van der Waals surface area contributed by atoms with E-state index in [-0.39, 0.29) is 0 Å². The zero-order valence-electron chi connectivity index (χ0n) is 11.7. The molecule has 1 saturated carbocycles. The molecule has 0 bridgehead atoms. The van der Waals surface area contributed by atoms with E-state index >= 15 is 0 Å². The highest BCUT2D eigenvalue weighted by molar-refractivity contribution is 5.08. The monoisotopic (exact) mass is 247 g/mol. The Kier molecular flexibility index (Phi) is 4.72. The lowest BCUT2D eigenvalue weighted by atomic mass is 9.80. The third-order valence-corrected chi connectivity index (χ3v) is 4.24. The van der Waals surface area contributed by atoms with Gasteiger partial charge in [-0.3, -0.25) is 4.98 Å². The maximum atomic E-state index is 4.15. The number of hydrogen-bond acceptors (Lipinski definition) is 3. The van der Waals surface area contributed by atoms with Gasteiger partial charge in [0.1, 0.15) is 0 Å². The number of hydrogen-bond donors (Lipinski definition) is 1. The molecule has 0 aromatic carbocycles. The highest BCUT2D eigenvalue weighted by atomic mass is 15.2. The molecule has 0 aliphatic heterocycles. The van der Waals surface area contributed by atoms with Gasteiger partial charge in [-0.1, -0.05) is 25.3 Å². The molecule has 3 heteroatoms. The SMILES string of the molecule is CN(C)C1(CNCc2cccnc2)CCCCC1. The predicted octanol–water partition coefficient (Wildman–Crippen LogP) is 2.44. The molecule has 3 nitrogen and oxygen atoms in total. The number of nitrogens with one attached hydrogen (secondary N) is 1. The third-order valence-electron chi connectivity index (χ3n) is 4.24. The van der Waals surface area contributed by atoms with Gasteiger partial charge in [0.15, 0.2) is 0 Å². The van der Waals surface area contributed by atoms with E-state index in [1.807, 2.05) is 18.5 Å². The maximum Gasteiger partial charge on any atom is 0.0328 e. The van der Waals surface area contributed by atoms with Crippen molar-refractivity contribution in [3.8, 4) is 0 Å². The van der Waals surface area contributed by atoms with Crippen molar-refractivity contribution in [3.05, 3.63) is 30.1 Å². The third kappa shape index (κ3) is 3.30. The van der Waals surface area contributed by atoms with Crippen molar-refractivity contribution >= 4 is 0 Å². The quantitative estimate of drug-likeness (QED) is 0.866. The molecule has 1 heterocycles. The first-order valence-corrected chi connectivity index (χ1v) is 7.00. The lowest BCUT2D eigenvalue weighted by Gasteiger charge is -2.43. The average Bonchev–Trinajstić information content (AvgIpc) is 2.41. The minimum Gasteiger partial charge on any atom is -0.311 e. The first kappa shape index (κ1) is 13.5. The van der Waals surface area contributed by atoms with Gasteiger partial charge in [-0.2, -0.15) is 0 Å². The predicted molar refractivity (Wildman–Crippen MR) is 75.4 cm³/mol. The Labute approximate surface area is 111 Å². The molecule has 0 atom stereocenters. The van der Waals surface area contributed by atoms with Gasteiger partial charge in [0.2, 0.25) is 0 Å². The van der Waals surface area contributed by atoms with Crippen LogP contribution in [-0.2, 0) is 6.54 Å². The van der Waals surface area contributed by atoms with Crippen molar-refractivity contribution in [2.45, 2.75) is 44.2 Å². The van der Waals surface area contributed by atoms with Crippen molar-refractivity contribution in [3.63, 3.8) is 0 Å². The Balaban J connectivity index is 1.86. The summed E-state index contributed by atoms with van der Waals surface area (Å²) < 4.78 is 0. The van der Waals surface area contributed by atoms with Gasteiger partial charge in [-0.15, -0.1) is 0 Å². The second-order valence-electron chi connectivity index (χ2n) is 5.64. The standard InChI is InChI=1S/C15H25N3/c1-18(2)15(8-4-3-5-9-15)13-17-12-14-7-6-10-16-11-14/h6-7,10-11,17H,3-5,8-9,12-13H2,1-2H3. The summed E-state index contributed by atoms with van der Waals surface area (Å²) in [7, 11) is 4.44. The van der Waals surface area contributed by atoms with E-state index in [0.717, 1.165) is 13.1 Å². The number of pyridine rings is 1. The Hall–Kier alpha value is -0.930. The fraction of sp³-hybridized carbons (Fsp3) is 0.667. The molecule has 1 N–H and O–H groups in total. The summed E-state index contributed by atoms with van der Waals surface area (Å²) in [6.07, 6.45) is 10.5. The van der Waals surface area contributed by atoms with Crippen LogP contribution in [0, 0.1) is 0 Å². The van der Waals surface area contributed by atoms with Gasteiger partial charge in [-0.05, 0) is 38.6 Å². The summed E-state index contributed by atoms with van der Waals surface area (Å²) in [4.78, 5) is 6.57. The van der Waals surface area contributed by atoms with Gasteiger partial charge < -0.3 is 10.2 Å². The van der Waals surface area contributed by atoms with Crippen LogP contribution in [0.15, 0.2) is 24.5 Å². The second kappa shape index (κ2) is 6.30. The van der Waals surface area contributed by atoms with E-state index in [1.165, 1.54) is 37.7 Å². The van der Waals surface area contributed by atoms with Crippen molar-refractivity contribution in [1.29, 1.82) is 0 Å². The molecular formula is C15H25N3. The smallest absolute Gasteiger partial charge is 0.0328 e. The lowest BCUT2D eigenvalue weighted by molar-refractivity contribution is 0.0984. The Morgan fingerprint density at radius 2 is 2.06 bits per heavy atom. The Morgan fingerprint density at radius 3 is 2.67 bits per heavy atom. The summed E-state index contributed by atoms with van der Waals surface area (Å²) in [6.45, 7) is 2.00. The van der Waals surface area contributed by atoms with Gasteiger partial charge in [-0.25, -0.2) is 0 Å². The summed E-state index contributed by atoms with van der Waals surface area (Å²) in [6, 6.07) is 4.13. The van der Waals surface area contributed by atoms with Crippen molar-refractivity contribution < 1.29 is 0 Å². The van der Waals surface area contributed by atoms with Crippen LogP contribution in [0.25, 0.3) is 0 Å². The number of aromatic nitrogens is 1. The highest BCUT2D eigenvalue weighted by Gasteiger charge is 2.33. The van der Waals surface area contributed by atoms with E-state index in [2.05, 4.69) is 35.4 Å². The molecule has 2 rings (SSSR count). The van der Waals surface area contributed by atoms with Crippen LogP contribution < -0.4 is 5.32 Å². The summed E-state index contributed by atoms with van der Waals surface area (Å²) >= 11 is 0. The zero-order chi connectivity index (χ0) is 12.8. The van der Waals surface area contributed by atoms with E-state index in [1.54, 1.807) is 0 Å². The Morgan fingerprint density at radius 1 is 1.28 bits per heavy atom. The Bertz CT molecular complexity index is 342. The van der Waals surface area contributed by atoms with Gasteiger partial charge >= 0.3 is 0 Å². The average molecular weight is 247 g/mol. The van der Waals surface area contributed by atoms with E-state index in [4.69, 9.17) is 0 Å². The number of rotatable bonds is 5. The molecule has 1 fully saturated rings. The van der Waals surface area contributed by atoms with Crippen LogP contribution in [0.3, 0.4) is 0 Å². The zero-order valence-corrected chi connectivity index (χ0v) is 11.7. The van der Waals surface area contributed by atoms with Crippen LogP contribution in [0.4, 0.5) is 0 Å². The maximum absolute atomic E-state index is 4.15. The lowest BCUT2D eigenvalue weighted by Crippen LogP contribution is -2.52. The number of likely N-dealkylation sites (N-methyl/N-ethyl adjacent to an activating group) is 1. The van der Waals surface area contributed by atoms with Crippen LogP contribution in [0.5, 0.6) is 0 Å². The fourth-order valence-electron chi connectivity index (χ4n) is 2.93. The topological polar surface area (TPSA) is 28.2 Å². The molecule has 1 aromatic rings. The molecule has 0 amide bonds. The molecule has 0 spiro atoms. The molecule has 1 aliphatic rings. The molecular weight excluding hydrogens is 222 g/mol. The largest absolute Gasteiger partial charge is 0.311 e. The van der Waals surface area contributed by atoms with Crippen LogP contribution in [0.1, 0.15) is 37.7 Å². The van der Waals surface area contributed by atoms with Gasteiger partial charge in [0, 0.05) is 31.0 Å². The minimum atomic E-state index is 0.362. The highest BCUT2D eigenvalue weighted by Crippen LogP contribution is 2.31. The summed E-state index contributed by atoms with van der Waals surface area (Å²) in [5.41, 5.74) is 1.63. The minimum absolute atomic E-state index is 0.362. The van der Waals surface area contributed by atoms with Crippen molar-refractivity contribution in [2.24, 2.45) is 0 Å². The van der Waals surface area contributed by atoms with E-state index < -0.39 is 0 Å². The molecule has 0 unspecified atom stereocenters. The summed E-state index contributed by atoms with van der Waals surface area (Å²) in [5.74, 6) is 0. The van der Waals surface area contributed by atoms with Crippen molar-refractivity contribution in [1.82, 2.24) is 15.2 Å². The first-order chi connectivity index (χ1) is 8.73. The van der Waals surface area contributed by atoms with Crippen molar-refractivity contribution in [2.75, 3.05) is 20.6 Å². The number of nitrogens with zero attached hydrogens (tertiary/aromatic N) is 2. The molecule has 1 aliphatic carbocycles. The second-order valence-corrected chi connectivity index (χ2v) is 5.64. The molecule has 18 heavy (non-hydrogen) atoms. The van der Waals surface area contributed by atoms with Gasteiger partial charge in [0.05, 0.1) is 0 Å². The van der Waals surface area contributed by atoms with E-state index in [0.29, 0.717) is 5.54 Å². The van der Waals surface area contributed by atoms with E-state index in [9.17, 15) is 0 Å². The van der Waals surface area contributed by atoms with Crippen LogP contribution in [0.2, 0.25) is 0 Å². The molecule has 1 aromatic heterocycles. The first-order valence-electron chi connectivity index (χ1n) is 7.00. The fourth-order valence-corrected chi connectivity index (χ4v) is 2.93.